The summed E-state index contributed by atoms with van der Waals surface area (Å²) >= 11 is 0. The lowest BCUT2D eigenvalue weighted by molar-refractivity contribution is 0.278. The van der Waals surface area contributed by atoms with E-state index in [2.05, 4.69) is 41.5 Å². The molecule has 1 aromatic carbocycles. The summed E-state index contributed by atoms with van der Waals surface area (Å²) in [5, 5.41) is 0. The molecule has 1 aliphatic rings. The topological polar surface area (TPSA) is 15.7 Å². The zero-order valence-corrected chi connectivity index (χ0v) is 11.4. The highest BCUT2D eigenvalue weighted by molar-refractivity contribution is 5.51. The van der Waals surface area contributed by atoms with Crippen molar-refractivity contribution >= 4 is 5.69 Å². The van der Waals surface area contributed by atoms with Gasteiger partial charge in [-0.3, -0.25) is 4.90 Å². The minimum atomic E-state index is 0.928. The van der Waals surface area contributed by atoms with Crippen molar-refractivity contribution < 1.29 is 4.74 Å². The first-order chi connectivity index (χ1) is 8.69. The van der Waals surface area contributed by atoms with Crippen LogP contribution < -0.4 is 9.64 Å². The fourth-order valence-corrected chi connectivity index (χ4v) is 2.35. The van der Waals surface area contributed by atoms with Crippen LogP contribution in [0.25, 0.3) is 0 Å². The summed E-state index contributed by atoms with van der Waals surface area (Å²) in [6.45, 7) is 11.4. The van der Waals surface area contributed by atoms with Gasteiger partial charge in [-0.25, -0.2) is 0 Å². The molecular weight excluding hydrogens is 224 g/mol. The Bertz CT molecular complexity index is 409. The van der Waals surface area contributed by atoms with Gasteiger partial charge in [0.15, 0.2) is 0 Å². The number of methoxy groups -OCH3 is 1. The van der Waals surface area contributed by atoms with Crippen molar-refractivity contribution in [3.8, 4) is 5.75 Å². The van der Waals surface area contributed by atoms with Gasteiger partial charge in [-0.1, -0.05) is 18.2 Å². The molecule has 3 heteroatoms. The molecule has 0 radical (unpaired) electrons. The molecule has 0 bridgehead atoms. The molecule has 1 saturated heterocycles. The maximum Gasteiger partial charge on any atom is 0.120 e. The van der Waals surface area contributed by atoms with Crippen LogP contribution in [0.4, 0.5) is 5.69 Å². The minimum Gasteiger partial charge on any atom is -0.497 e. The molecule has 0 unspecified atom stereocenters. The summed E-state index contributed by atoms with van der Waals surface area (Å²) < 4.78 is 5.27. The fraction of sp³-hybridized carbons (Fsp3) is 0.467. The fourth-order valence-electron chi connectivity index (χ4n) is 2.35. The van der Waals surface area contributed by atoms with Gasteiger partial charge in [0.1, 0.15) is 5.75 Å². The van der Waals surface area contributed by atoms with Crippen LogP contribution in [0.1, 0.15) is 6.92 Å². The second-order valence-electron chi connectivity index (χ2n) is 4.92. The molecule has 1 aromatic rings. The van der Waals surface area contributed by atoms with Crippen LogP contribution in [0.2, 0.25) is 0 Å². The lowest BCUT2D eigenvalue weighted by atomic mass is 10.2. The Morgan fingerprint density at radius 1 is 1.28 bits per heavy atom. The number of ether oxygens (including phenoxy) is 1. The molecule has 2 rings (SSSR count). The van der Waals surface area contributed by atoms with Crippen LogP contribution in [0.3, 0.4) is 0 Å². The number of piperazine rings is 1. The Labute approximate surface area is 110 Å². The molecule has 0 spiro atoms. The van der Waals surface area contributed by atoms with Crippen molar-refractivity contribution in [3.63, 3.8) is 0 Å². The van der Waals surface area contributed by atoms with E-state index in [1.165, 1.54) is 11.3 Å². The molecule has 0 aliphatic carbocycles. The Kier molecular flexibility index (Phi) is 4.26. The SMILES string of the molecule is C=C(C)CN1CCN(c2cccc(OC)c2)CC1. The highest BCUT2D eigenvalue weighted by atomic mass is 16.5. The summed E-state index contributed by atoms with van der Waals surface area (Å²) in [7, 11) is 1.71. The molecule has 1 heterocycles. The second-order valence-corrected chi connectivity index (χ2v) is 4.92. The van der Waals surface area contributed by atoms with E-state index in [0.29, 0.717) is 0 Å². The third-order valence-electron chi connectivity index (χ3n) is 3.28. The minimum absolute atomic E-state index is 0.928. The van der Waals surface area contributed by atoms with Crippen LogP contribution in [-0.2, 0) is 0 Å². The molecular formula is C15H22N2O. The van der Waals surface area contributed by atoms with E-state index in [4.69, 9.17) is 4.74 Å². The largest absolute Gasteiger partial charge is 0.497 e. The first-order valence-corrected chi connectivity index (χ1v) is 6.45. The second kappa shape index (κ2) is 5.91. The number of nitrogens with zero attached hydrogens (tertiary/aromatic N) is 2. The monoisotopic (exact) mass is 246 g/mol. The number of hydrogen-bond acceptors (Lipinski definition) is 3. The van der Waals surface area contributed by atoms with E-state index < -0.39 is 0 Å². The highest BCUT2D eigenvalue weighted by Gasteiger charge is 2.17. The third-order valence-corrected chi connectivity index (χ3v) is 3.28. The number of anilines is 1. The molecule has 98 valence electrons. The molecule has 0 aromatic heterocycles. The molecule has 1 aliphatic heterocycles. The van der Waals surface area contributed by atoms with Crippen molar-refractivity contribution in [1.29, 1.82) is 0 Å². The van der Waals surface area contributed by atoms with Crippen LogP contribution in [0.15, 0.2) is 36.4 Å². The summed E-state index contributed by atoms with van der Waals surface area (Å²) in [6.07, 6.45) is 0. The summed E-state index contributed by atoms with van der Waals surface area (Å²) in [5.74, 6) is 0.928. The maximum atomic E-state index is 5.27. The van der Waals surface area contributed by atoms with E-state index in [9.17, 15) is 0 Å². The van der Waals surface area contributed by atoms with Crippen LogP contribution in [-0.4, -0.2) is 44.7 Å². The van der Waals surface area contributed by atoms with E-state index in [0.717, 1.165) is 38.5 Å². The molecule has 18 heavy (non-hydrogen) atoms. The average Bonchev–Trinajstić information content (AvgIpc) is 2.39. The number of rotatable bonds is 4. The van der Waals surface area contributed by atoms with Crippen molar-refractivity contribution in [2.45, 2.75) is 6.92 Å². The summed E-state index contributed by atoms with van der Waals surface area (Å²) in [4.78, 5) is 4.87. The average molecular weight is 246 g/mol. The normalized spacial score (nSPS) is 16.7. The molecule has 0 saturated carbocycles. The third kappa shape index (κ3) is 3.26. The molecule has 0 N–H and O–H groups in total. The van der Waals surface area contributed by atoms with E-state index in [-0.39, 0.29) is 0 Å². The van der Waals surface area contributed by atoms with Gasteiger partial charge in [0.25, 0.3) is 0 Å². The van der Waals surface area contributed by atoms with E-state index >= 15 is 0 Å². The van der Waals surface area contributed by atoms with Crippen molar-refractivity contribution in [1.82, 2.24) is 4.90 Å². The van der Waals surface area contributed by atoms with Gasteiger partial charge in [-0.05, 0) is 19.1 Å². The van der Waals surface area contributed by atoms with Crippen molar-refractivity contribution in [2.75, 3.05) is 44.7 Å². The summed E-state index contributed by atoms with van der Waals surface area (Å²) in [5.41, 5.74) is 2.49. The first kappa shape index (κ1) is 13.0. The smallest absolute Gasteiger partial charge is 0.120 e. The zero-order valence-electron chi connectivity index (χ0n) is 11.4. The molecule has 0 amide bonds. The standard InChI is InChI=1S/C15H22N2O/c1-13(2)12-16-7-9-17(10-8-16)14-5-4-6-15(11-14)18-3/h4-6,11H,1,7-10,12H2,2-3H3. The zero-order chi connectivity index (χ0) is 13.0. The van der Waals surface area contributed by atoms with Gasteiger partial charge in [-0.15, -0.1) is 0 Å². The predicted octanol–water partition coefficient (Wildman–Crippen LogP) is 2.39. The molecule has 0 atom stereocenters. The van der Waals surface area contributed by atoms with E-state index in [1.807, 2.05) is 6.07 Å². The predicted molar refractivity (Wildman–Crippen MR) is 76.5 cm³/mol. The first-order valence-electron chi connectivity index (χ1n) is 6.45. The van der Waals surface area contributed by atoms with Crippen LogP contribution in [0.5, 0.6) is 5.75 Å². The quantitative estimate of drug-likeness (QED) is 0.759. The number of benzene rings is 1. The van der Waals surface area contributed by atoms with Crippen molar-refractivity contribution in [3.05, 3.63) is 36.4 Å². The van der Waals surface area contributed by atoms with Gasteiger partial charge in [0.05, 0.1) is 7.11 Å². The Hall–Kier alpha value is -1.48. The van der Waals surface area contributed by atoms with Crippen LogP contribution >= 0.6 is 0 Å². The maximum absolute atomic E-state index is 5.27. The Morgan fingerprint density at radius 2 is 2.00 bits per heavy atom. The Balaban J connectivity index is 1.94. The Morgan fingerprint density at radius 3 is 2.61 bits per heavy atom. The molecule has 3 nitrogen and oxygen atoms in total. The molecule has 1 fully saturated rings. The van der Waals surface area contributed by atoms with Gasteiger partial charge in [0, 0.05) is 44.5 Å². The van der Waals surface area contributed by atoms with Gasteiger partial charge in [0.2, 0.25) is 0 Å². The van der Waals surface area contributed by atoms with Crippen molar-refractivity contribution in [2.24, 2.45) is 0 Å². The lowest BCUT2D eigenvalue weighted by Crippen LogP contribution is -2.46. The van der Waals surface area contributed by atoms with E-state index in [1.54, 1.807) is 7.11 Å². The van der Waals surface area contributed by atoms with Gasteiger partial charge >= 0.3 is 0 Å². The highest BCUT2D eigenvalue weighted by Crippen LogP contribution is 2.22. The van der Waals surface area contributed by atoms with Crippen LogP contribution in [0, 0.1) is 0 Å². The lowest BCUT2D eigenvalue weighted by Gasteiger charge is -2.36. The van der Waals surface area contributed by atoms with Gasteiger partial charge in [-0.2, -0.15) is 0 Å². The number of hydrogen-bond donors (Lipinski definition) is 0. The summed E-state index contributed by atoms with van der Waals surface area (Å²) in [6, 6.07) is 8.29. The van der Waals surface area contributed by atoms with Gasteiger partial charge < -0.3 is 9.64 Å².